The van der Waals surface area contributed by atoms with Crippen LogP contribution in [0.15, 0.2) is 73.8 Å². The van der Waals surface area contributed by atoms with Crippen LogP contribution in [-0.2, 0) is 28.7 Å². The zero-order chi connectivity index (χ0) is 33.0. The number of fused-ring (bicyclic) bond motifs is 1. The Balaban J connectivity index is 1.45. The summed E-state index contributed by atoms with van der Waals surface area (Å²) >= 11 is 0. The first kappa shape index (κ1) is 33.1. The highest BCUT2D eigenvalue weighted by atomic mass is 16.5. The number of para-hydroxylation sites is 1. The molecule has 2 N–H and O–H groups in total. The molecule has 1 spiro atoms. The summed E-state index contributed by atoms with van der Waals surface area (Å²) in [5.74, 6) is -3.32. The number of esters is 1. The van der Waals surface area contributed by atoms with Gasteiger partial charge in [0.2, 0.25) is 11.8 Å². The van der Waals surface area contributed by atoms with Gasteiger partial charge in [0.05, 0.1) is 30.6 Å². The fraction of sp³-hybridized carbons (Fsp3) is 0.444. The Bertz CT molecular complexity index is 1470. The summed E-state index contributed by atoms with van der Waals surface area (Å²) in [4.78, 5) is 58.3. The van der Waals surface area contributed by atoms with Gasteiger partial charge in [0.1, 0.15) is 18.2 Å². The minimum Gasteiger partial charge on any atom is -0.463 e. The Morgan fingerprint density at radius 2 is 1.85 bits per heavy atom. The zero-order valence-electron chi connectivity index (χ0n) is 26.5. The molecular weight excluding hydrogens is 586 g/mol. The van der Waals surface area contributed by atoms with Gasteiger partial charge in [-0.25, -0.2) is 0 Å². The number of β-amino-alcohol motifs (C(OH)–C–C–N with tert-alkyl or cyclic N) is 1. The number of likely N-dealkylation sites (tertiary alicyclic amines) is 1. The van der Waals surface area contributed by atoms with Gasteiger partial charge >= 0.3 is 5.97 Å². The van der Waals surface area contributed by atoms with Gasteiger partial charge in [-0.3, -0.25) is 19.2 Å². The molecule has 3 aliphatic rings. The number of rotatable bonds is 14. The number of amides is 3. The number of aryl methyl sites for hydroxylation is 2. The summed E-state index contributed by atoms with van der Waals surface area (Å²) in [5.41, 5.74) is 2.04. The zero-order valence-corrected chi connectivity index (χ0v) is 26.5. The molecule has 3 amide bonds. The number of aliphatic hydroxyl groups is 1. The van der Waals surface area contributed by atoms with E-state index in [2.05, 4.69) is 18.5 Å². The first-order valence-electron chi connectivity index (χ1n) is 15.9. The molecule has 3 saturated heterocycles. The minimum absolute atomic E-state index is 0.0716. The predicted octanol–water partition coefficient (Wildman–Crippen LogP) is 3.56. The summed E-state index contributed by atoms with van der Waals surface area (Å²) in [5, 5.41) is 13.0. The van der Waals surface area contributed by atoms with Crippen molar-refractivity contribution in [3.8, 4) is 0 Å². The van der Waals surface area contributed by atoms with Crippen LogP contribution in [-0.4, -0.2) is 77.7 Å². The van der Waals surface area contributed by atoms with Crippen molar-refractivity contribution in [2.24, 2.45) is 11.8 Å². The third-order valence-electron chi connectivity index (χ3n) is 9.45. The Morgan fingerprint density at radius 1 is 1.13 bits per heavy atom. The molecule has 46 heavy (non-hydrogen) atoms. The van der Waals surface area contributed by atoms with Crippen molar-refractivity contribution < 1.29 is 33.8 Å². The van der Waals surface area contributed by atoms with Gasteiger partial charge in [0, 0.05) is 25.2 Å². The highest BCUT2D eigenvalue weighted by molar-refractivity contribution is 6.05. The van der Waals surface area contributed by atoms with Crippen LogP contribution < -0.4 is 10.2 Å². The Hall–Kier alpha value is -4.28. The van der Waals surface area contributed by atoms with Gasteiger partial charge < -0.3 is 29.7 Å². The molecule has 3 fully saturated rings. The number of hydrogen-bond donors (Lipinski definition) is 2. The van der Waals surface area contributed by atoms with Crippen LogP contribution in [0.2, 0.25) is 0 Å². The maximum absolute atomic E-state index is 14.6. The molecular formula is C36H43N3O7. The van der Waals surface area contributed by atoms with E-state index in [0.717, 1.165) is 22.4 Å². The number of hydrogen-bond acceptors (Lipinski definition) is 7. The average molecular weight is 630 g/mol. The van der Waals surface area contributed by atoms with Crippen LogP contribution in [0.1, 0.15) is 48.4 Å². The molecule has 10 nitrogen and oxygen atoms in total. The van der Waals surface area contributed by atoms with E-state index in [9.17, 15) is 24.3 Å². The number of nitrogens with one attached hydrogen (secondary N) is 1. The number of aliphatic hydroxyl groups excluding tert-OH is 1. The van der Waals surface area contributed by atoms with Gasteiger partial charge in [-0.2, -0.15) is 0 Å². The average Bonchev–Trinajstić information content (AvgIpc) is 3.69. The van der Waals surface area contributed by atoms with E-state index < -0.39 is 47.5 Å². The second-order valence-electron chi connectivity index (χ2n) is 12.3. The number of anilines is 1. The number of ether oxygens (including phenoxy) is 2. The number of carbonyl (C=O) groups excluding carboxylic acids is 4. The Labute approximate surface area is 270 Å². The molecule has 0 saturated carbocycles. The van der Waals surface area contributed by atoms with Crippen molar-refractivity contribution in [2.45, 2.75) is 63.3 Å². The summed E-state index contributed by atoms with van der Waals surface area (Å²) in [6.45, 7) is 11.1. The lowest BCUT2D eigenvalue weighted by atomic mass is 9.70. The molecule has 0 unspecified atom stereocenters. The first-order chi connectivity index (χ1) is 22.2. The molecule has 244 valence electrons. The molecule has 6 atom stereocenters. The molecule has 10 heteroatoms. The summed E-state index contributed by atoms with van der Waals surface area (Å²) in [6, 6.07) is 13.3. The standard InChI is InChI=1S/C36H43N3O7/c1-5-7-16-28(41)45-22-26(25-14-9-8-10-15-25)37-33(42)29-27-17-18-36(46-27)30(29)34(43)39(20-21-40)32(36)35(44)38(19-6-2)31-23(3)12-11-13-24(31)4/h5-6,8-15,26-27,29-30,32,40H,1-2,7,16-22H2,3-4H3,(H,37,42)/t26-,27-,29+,30+,32-,36+/m1/s1. The largest absolute Gasteiger partial charge is 0.463 e. The Kier molecular flexibility index (Phi) is 10.1. The molecule has 0 aromatic heterocycles. The molecule has 2 aromatic rings. The number of nitrogens with zero attached hydrogens (tertiary/aromatic N) is 2. The van der Waals surface area contributed by atoms with Crippen LogP contribution in [0, 0.1) is 25.7 Å². The fourth-order valence-corrected chi connectivity index (χ4v) is 7.52. The molecule has 5 rings (SSSR count). The van der Waals surface area contributed by atoms with Crippen molar-refractivity contribution in [1.29, 1.82) is 0 Å². The monoisotopic (exact) mass is 629 g/mol. The number of benzene rings is 2. The first-order valence-corrected chi connectivity index (χ1v) is 15.9. The third-order valence-corrected chi connectivity index (χ3v) is 9.45. The van der Waals surface area contributed by atoms with Gasteiger partial charge in [-0.05, 0) is 49.8 Å². The number of allylic oxidation sites excluding steroid dienone is 1. The predicted molar refractivity (Wildman–Crippen MR) is 173 cm³/mol. The SMILES string of the molecule is C=CCCC(=O)OC[C@@H](NC(=O)[C@@H]1[C@H]2C(=O)N(CCO)[C@H](C(=O)N(CC=C)c3c(C)cccc3C)[C@]23CC[C@H]1O3)c1ccccc1. The lowest BCUT2D eigenvalue weighted by Gasteiger charge is -2.37. The fourth-order valence-electron chi connectivity index (χ4n) is 7.52. The highest BCUT2D eigenvalue weighted by Crippen LogP contribution is 2.58. The molecule has 0 aliphatic carbocycles. The lowest BCUT2D eigenvalue weighted by Crippen LogP contribution is -2.57. The van der Waals surface area contributed by atoms with Crippen molar-refractivity contribution >= 4 is 29.4 Å². The molecule has 3 heterocycles. The van der Waals surface area contributed by atoms with Crippen LogP contribution in [0.25, 0.3) is 0 Å². The minimum atomic E-state index is -1.23. The van der Waals surface area contributed by atoms with E-state index in [0.29, 0.717) is 19.3 Å². The lowest BCUT2D eigenvalue weighted by molar-refractivity contribution is -0.146. The molecule has 2 aromatic carbocycles. The van der Waals surface area contributed by atoms with Crippen LogP contribution in [0.4, 0.5) is 5.69 Å². The Morgan fingerprint density at radius 3 is 2.50 bits per heavy atom. The van der Waals surface area contributed by atoms with Crippen molar-refractivity contribution in [2.75, 3.05) is 31.2 Å². The van der Waals surface area contributed by atoms with Crippen molar-refractivity contribution in [3.63, 3.8) is 0 Å². The summed E-state index contributed by atoms with van der Waals surface area (Å²) < 4.78 is 12.1. The van der Waals surface area contributed by atoms with E-state index in [1.165, 1.54) is 4.90 Å². The van der Waals surface area contributed by atoms with E-state index in [1.807, 2.05) is 62.4 Å². The van der Waals surface area contributed by atoms with Gasteiger partial charge in [-0.1, -0.05) is 60.7 Å². The summed E-state index contributed by atoms with van der Waals surface area (Å²) in [7, 11) is 0. The van der Waals surface area contributed by atoms with Gasteiger partial charge in [0.15, 0.2) is 0 Å². The topological polar surface area (TPSA) is 125 Å². The normalized spacial score (nSPS) is 25.1. The van der Waals surface area contributed by atoms with E-state index in [1.54, 1.807) is 17.1 Å². The second-order valence-corrected chi connectivity index (χ2v) is 12.3. The maximum Gasteiger partial charge on any atom is 0.306 e. The highest BCUT2D eigenvalue weighted by Gasteiger charge is 2.74. The van der Waals surface area contributed by atoms with Crippen molar-refractivity contribution in [1.82, 2.24) is 10.2 Å². The van der Waals surface area contributed by atoms with Crippen LogP contribution in [0.5, 0.6) is 0 Å². The van der Waals surface area contributed by atoms with Gasteiger partial charge in [0.25, 0.3) is 5.91 Å². The van der Waals surface area contributed by atoms with E-state index in [-0.39, 0.29) is 44.5 Å². The quantitative estimate of drug-likeness (QED) is 0.242. The summed E-state index contributed by atoms with van der Waals surface area (Å²) in [6.07, 6.45) is 4.29. The number of carbonyl (C=O) groups is 4. The van der Waals surface area contributed by atoms with Crippen LogP contribution >= 0.6 is 0 Å². The van der Waals surface area contributed by atoms with E-state index in [4.69, 9.17) is 9.47 Å². The third kappa shape index (κ3) is 5.99. The smallest absolute Gasteiger partial charge is 0.306 e. The van der Waals surface area contributed by atoms with Gasteiger partial charge in [-0.15, -0.1) is 13.2 Å². The van der Waals surface area contributed by atoms with Crippen LogP contribution in [0.3, 0.4) is 0 Å². The van der Waals surface area contributed by atoms with Crippen molar-refractivity contribution in [3.05, 3.63) is 90.5 Å². The molecule has 3 aliphatic heterocycles. The van der Waals surface area contributed by atoms with E-state index >= 15 is 0 Å². The maximum atomic E-state index is 14.6. The second kappa shape index (κ2) is 14.0. The molecule has 0 radical (unpaired) electrons. The molecule has 2 bridgehead atoms.